The van der Waals surface area contributed by atoms with Crippen LogP contribution in [-0.2, 0) is 13.0 Å². The van der Waals surface area contributed by atoms with Crippen LogP contribution in [0, 0.1) is 0 Å². The van der Waals surface area contributed by atoms with E-state index in [0.717, 1.165) is 36.2 Å². The van der Waals surface area contributed by atoms with Crippen LogP contribution in [0.3, 0.4) is 0 Å². The normalized spacial score (nSPS) is 17.8. The van der Waals surface area contributed by atoms with Gasteiger partial charge in [0.05, 0.1) is 31.8 Å². The number of ether oxygens (including phenoxy) is 3. The molecule has 2 aromatic carbocycles. The molecule has 1 atom stereocenters. The van der Waals surface area contributed by atoms with E-state index in [9.17, 15) is 4.79 Å². The Morgan fingerprint density at radius 2 is 1.93 bits per heavy atom. The quantitative estimate of drug-likeness (QED) is 0.648. The minimum absolute atomic E-state index is 0.0924. The number of hydrogen-bond donors (Lipinski definition) is 1. The monoisotopic (exact) mass is 386 g/mol. The highest BCUT2D eigenvalue weighted by Crippen LogP contribution is 2.48. The second-order valence-electron chi connectivity index (χ2n) is 6.81. The van der Waals surface area contributed by atoms with Crippen LogP contribution in [0.2, 0.25) is 5.02 Å². The molecule has 1 N–H and O–H groups in total. The molecule has 1 unspecified atom stereocenters. The van der Waals surface area contributed by atoms with Crippen LogP contribution in [0.1, 0.15) is 27.0 Å². The van der Waals surface area contributed by atoms with E-state index in [-0.39, 0.29) is 12.6 Å². The highest BCUT2D eigenvalue weighted by molar-refractivity contribution is 6.30. The lowest BCUT2D eigenvalue weighted by Gasteiger charge is -2.26. The fourth-order valence-electron chi connectivity index (χ4n) is 3.69. The third kappa shape index (κ3) is 3.29. The number of nitrogens with one attached hydrogen (secondary N) is 1. The number of ketones is 1. The number of benzene rings is 2. The van der Waals surface area contributed by atoms with Crippen LogP contribution < -0.4 is 19.1 Å². The van der Waals surface area contributed by atoms with E-state index in [1.54, 1.807) is 31.4 Å². The lowest BCUT2D eigenvalue weighted by molar-refractivity contribution is -0.895. The molecule has 2 aliphatic heterocycles. The van der Waals surface area contributed by atoms with Crippen LogP contribution in [0.15, 0.2) is 30.3 Å². The van der Waals surface area contributed by atoms with Gasteiger partial charge in [0.2, 0.25) is 12.5 Å². The summed E-state index contributed by atoms with van der Waals surface area (Å²) in [5.41, 5.74) is 3.55. The summed E-state index contributed by atoms with van der Waals surface area (Å²) in [6.45, 7) is 1.84. The number of allylic oxidation sites excluding steroid dienone is 1. The first-order valence-corrected chi connectivity index (χ1v) is 9.27. The Hall–Kier alpha value is -2.50. The minimum Gasteiger partial charge on any atom is -0.492 e. The van der Waals surface area contributed by atoms with E-state index in [1.165, 1.54) is 4.90 Å². The molecule has 0 radical (unpaired) electrons. The summed E-state index contributed by atoms with van der Waals surface area (Å²) in [4.78, 5) is 14.5. The van der Waals surface area contributed by atoms with Crippen LogP contribution in [0.5, 0.6) is 17.2 Å². The van der Waals surface area contributed by atoms with Crippen molar-refractivity contribution in [1.82, 2.24) is 0 Å². The van der Waals surface area contributed by atoms with Gasteiger partial charge in [0.1, 0.15) is 6.54 Å². The van der Waals surface area contributed by atoms with Crippen molar-refractivity contribution < 1.29 is 23.9 Å². The predicted molar refractivity (Wildman–Crippen MR) is 103 cm³/mol. The number of carbonyl (C=O) groups is 1. The maximum atomic E-state index is 13.1. The van der Waals surface area contributed by atoms with Crippen molar-refractivity contribution >= 4 is 23.5 Å². The molecule has 140 valence electrons. The Morgan fingerprint density at radius 1 is 1.19 bits per heavy atom. The Kier molecular flexibility index (Phi) is 4.81. The van der Waals surface area contributed by atoms with Crippen molar-refractivity contribution in [3.8, 4) is 17.2 Å². The molecule has 0 spiro atoms. The molecule has 0 amide bonds. The van der Waals surface area contributed by atoms with Crippen LogP contribution in [-0.4, -0.2) is 33.3 Å². The Bertz CT molecular complexity index is 921. The summed E-state index contributed by atoms with van der Waals surface area (Å²) < 4.78 is 16.9. The van der Waals surface area contributed by atoms with E-state index in [2.05, 4.69) is 7.05 Å². The average molecular weight is 387 g/mol. The van der Waals surface area contributed by atoms with Crippen molar-refractivity contribution in [3.63, 3.8) is 0 Å². The molecule has 27 heavy (non-hydrogen) atoms. The average Bonchev–Trinajstić information content (AvgIpc) is 3.14. The third-order valence-corrected chi connectivity index (χ3v) is 5.27. The Morgan fingerprint density at radius 3 is 2.67 bits per heavy atom. The Labute approximate surface area is 163 Å². The van der Waals surface area contributed by atoms with Crippen molar-refractivity contribution in [2.75, 3.05) is 27.5 Å². The molecule has 2 aliphatic rings. The number of fused-ring (bicyclic) bond motifs is 2. The summed E-state index contributed by atoms with van der Waals surface area (Å²) in [5, 5.41) is 0.665. The van der Waals surface area contributed by atoms with Crippen molar-refractivity contribution in [2.45, 2.75) is 13.0 Å². The van der Waals surface area contributed by atoms with Crippen molar-refractivity contribution in [1.29, 1.82) is 0 Å². The van der Waals surface area contributed by atoms with Gasteiger partial charge in [0.25, 0.3) is 0 Å². The molecule has 4 rings (SSSR count). The third-order valence-electron chi connectivity index (χ3n) is 5.01. The highest BCUT2D eigenvalue weighted by atomic mass is 35.5. The number of quaternary nitrogens is 1. The molecule has 0 bridgehead atoms. The van der Waals surface area contributed by atoms with E-state index in [0.29, 0.717) is 27.8 Å². The minimum atomic E-state index is -0.0924. The van der Waals surface area contributed by atoms with E-state index < -0.39 is 0 Å². The van der Waals surface area contributed by atoms with Crippen LogP contribution >= 0.6 is 11.6 Å². The van der Waals surface area contributed by atoms with Gasteiger partial charge in [0, 0.05) is 11.4 Å². The van der Waals surface area contributed by atoms with Crippen LogP contribution in [0.4, 0.5) is 0 Å². The molecule has 2 aromatic rings. The van der Waals surface area contributed by atoms with Gasteiger partial charge in [-0.2, -0.15) is 0 Å². The molecular formula is C21H21ClNO4+. The molecule has 5 nitrogen and oxygen atoms in total. The summed E-state index contributed by atoms with van der Waals surface area (Å²) in [6, 6.07) is 7.35. The number of halogens is 1. The summed E-state index contributed by atoms with van der Waals surface area (Å²) in [5.74, 6) is 1.63. The second-order valence-corrected chi connectivity index (χ2v) is 7.25. The van der Waals surface area contributed by atoms with Gasteiger partial charge < -0.3 is 19.1 Å². The maximum absolute atomic E-state index is 13.1. The molecule has 0 saturated carbocycles. The lowest BCUT2D eigenvalue weighted by atomic mass is 9.90. The highest BCUT2D eigenvalue weighted by Gasteiger charge is 2.35. The number of hydrogen-bond acceptors (Lipinski definition) is 4. The number of rotatable bonds is 4. The molecule has 6 heteroatoms. The molecule has 0 aliphatic carbocycles. The lowest BCUT2D eigenvalue weighted by Crippen LogP contribution is -3.08. The van der Waals surface area contributed by atoms with Crippen molar-refractivity contribution in [3.05, 3.63) is 57.6 Å². The van der Waals surface area contributed by atoms with E-state index >= 15 is 0 Å². The van der Waals surface area contributed by atoms with Gasteiger partial charge in [-0.05, 0) is 29.3 Å². The fraction of sp³-hybridized carbons (Fsp3) is 0.286. The number of carbonyl (C=O) groups excluding carboxylic acids is 1. The number of methoxy groups -OCH3 is 1. The standard InChI is InChI=1S/C21H20ClNO4/c1-23-10-9-15-16(11-23)19(25-2)21-20(26-12-27-21)18(15)17(24)8-5-13-3-6-14(22)7-4-13/h3-8H,9-12H2,1-2H3/p+1/b8-5+. The predicted octanol–water partition coefficient (Wildman–Crippen LogP) is 2.54. The van der Waals surface area contributed by atoms with E-state index in [4.69, 9.17) is 25.8 Å². The topological polar surface area (TPSA) is 49.2 Å². The summed E-state index contributed by atoms with van der Waals surface area (Å²) >= 11 is 5.92. The number of likely N-dealkylation sites (N-methyl/N-ethyl adjacent to an activating group) is 1. The summed E-state index contributed by atoms with van der Waals surface area (Å²) in [7, 11) is 3.76. The molecule has 0 saturated heterocycles. The summed E-state index contributed by atoms with van der Waals surface area (Å²) in [6.07, 6.45) is 4.17. The maximum Gasteiger partial charge on any atom is 0.231 e. The van der Waals surface area contributed by atoms with Crippen LogP contribution in [0.25, 0.3) is 6.08 Å². The van der Waals surface area contributed by atoms with Crippen molar-refractivity contribution in [2.24, 2.45) is 0 Å². The zero-order valence-electron chi connectivity index (χ0n) is 15.3. The zero-order valence-corrected chi connectivity index (χ0v) is 16.1. The second kappa shape index (κ2) is 7.25. The molecule has 2 heterocycles. The van der Waals surface area contributed by atoms with Gasteiger partial charge in [-0.3, -0.25) is 4.79 Å². The van der Waals surface area contributed by atoms with Gasteiger partial charge >= 0.3 is 0 Å². The largest absolute Gasteiger partial charge is 0.492 e. The Balaban J connectivity index is 1.78. The van der Waals surface area contributed by atoms with Gasteiger partial charge in [-0.25, -0.2) is 0 Å². The molecule has 0 fully saturated rings. The first kappa shape index (κ1) is 17.9. The van der Waals surface area contributed by atoms with Gasteiger partial charge in [0.15, 0.2) is 17.3 Å². The van der Waals surface area contributed by atoms with E-state index in [1.807, 2.05) is 12.1 Å². The first-order valence-electron chi connectivity index (χ1n) is 8.89. The fourth-order valence-corrected chi connectivity index (χ4v) is 3.82. The first-order chi connectivity index (χ1) is 13.1. The van der Waals surface area contributed by atoms with Gasteiger partial charge in [-0.1, -0.05) is 29.8 Å². The SMILES string of the molecule is COc1c2c(c(C(=O)/C=C/c3ccc(Cl)cc3)c3c1OCO3)CC[NH+](C)C2. The molecular weight excluding hydrogens is 366 g/mol. The molecule has 0 aromatic heterocycles. The van der Waals surface area contributed by atoms with Gasteiger partial charge in [-0.15, -0.1) is 0 Å². The zero-order chi connectivity index (χ0) is 19.0. The smallest absolute Gasteiger partial charge is 0.231 e.